The van der Waals surface area contributed by atoms with Gasteiger partial charge in [0, 0.05) is 11.8 Å². The van der Waals surface area contributed by atoms with Crippen LogP contribution in [0.2, 0.25) is 5.02 Å². The number of carbonyl (C=O) groups is 2. The van der Waals surface area contributed by atoms with Gasteiger partial charge in [0.15, 0.2) is 0 Å². The van der Waals surface area contributed by atoms with Gasteiger partial charge in [0.2, 0.25) is 0 Å². The Morgan fingerprint density at radius 3 is 2.67 bits per heavy atom. The van der Waals surface area contributed by atoms with Crippen LogP contribution in [0, 0.1) is 0 Å². The third-order valence-corrected chi connectivity index (χ3v) is 4.04. The lowest BCUT2D eigenvalue weighted by molar-refractivity contribution is -0.144. The number of carbonyl (C=O) groups excluding carboxylic acids is 2. The summed E-state index contributed by atoms with van der Waals surface area (Å²) in [5, 5.41) is 7.57. The smallest absolute Gasteiger partial charge is 0.335 e. The predicted molar refractivity (Wildman–Crippen MR) is 102 cm³/mol. The van der Waals surface area contributed by atoms with Crippen molar-refractivity contribution in [2.75, 3.05) is 5.32 Å². The van der Waals surface area contributed by atoms with Gasteiger partial charge in [-0.05, 0) is 35.8 Å². The van der Waals surface area contributed by atoms with E-state index in [9.17, 15) is 9.59 Å². The van der Waals surface area contributed by atoms with Crippen molar-refractivity contribution in [2.24, 2.45) is 5.16 Å². The van der Waals surface area contributed by atoms with E-state index in [1.54, 1.807) is 48.5 Å². The van der Waals surface area contributed by atoms with Gasteiger partial charge in [-0.15, -0.1) is 0 Å². The van der Waals surface area contributed by atoms with E-state index in [4.69, 9.17) is 20.9 Å². The van der Waals surface area contributed by atoms with Gasteiger partial charge in [0.1, 0.15) is 11.1 Å². The van der Waals surface area contributed by atoms with Crippen molar-refractivity contribution >= 4 is 40.1 Å². The van der Waals surface area contributed by atoms with Crippen molar-refractivity contribution in [3.63, 3.8) is 0 Å². The summed E-state index contributed by atoms with van der Waals surface area (Å²) in [5.74, 6) is -0.985. The molecule has 1 N–H and O–H groups in total. The molecule has 0 bridgehead atoms. The fourth-order valence-electron chi connectivity index (χ4n) is 2.39. The van der Waals surface area contributed by atoms with Gasteiger partial charge in [-0.2, -0.15) is 0 Å². The van der Waals surface area contributed by atoms with Crippen molar-refractivity contribution < 1.29 is 18.8 Å². The largest absolute Gasteiger partial charge is 0.435 e. The maximum absolute atomic E-state index is 12.8. The quantitative estimate of drug-likeness (QED) is 0.518. The predicted octanol–water partition coefficient (Wildman–Crippen LogP) is 4.50. The Bertz CT molecular complexity index is 1060. The van der Waals surface area contributed by atoms with Gasteiger partial charge in [-0.3, -0.25) is 4.79 Å². The van der Waals surface area contributed by atoms with E-state index < -0.39 is 11.9 Å². The first-order chi connectivity index (χ1) is 13.1. The van der Waals surface area contributed by atoms with E-state index in [1.165, 1.54) is 0 Å². The molecular weight excluding hydrogens is 368 g/mol. The van der Waals surface area contributed by atoms with E-state index in [2.05, 4.69) is 10.5 Å². The van der Waals surface area contributed by atoms with E-state index in [-0.39, 0.29) is 17.5 Å². The second-order valence-electron chi connectivity index (χ2n) is 5.74. The SMILES string of the molecule is CCCC(=O)O/N=c1/oc2ccccc2cc1C(=O)Nc1ccccc1Cl. The summed E-state index contributed by atoms with van der Waals surface area (Å²) in [5.41, 5.74) is 0.990. The van der Waals surface area contributed by atoms with Crippen LogP contribution in [0.1, 0.15) is 30.1 Å². The van der Waals surface area contributed by atoms with Crippen LogP contribution in [0.3, 0.4) is 0 Å². The Balaban J connectivity index is 2.02. The molecule has 2 aromatic carbocycles. The Kier molecular flexibility index (Phi) is 5.88. The Hall–Kier alpha value is -3.12. The highest BCUT2D eigenvalue weighted by Gasteiger charge is 2.15. The van der Waals surface area contributed by atoms with Gasteiger partial charge in [-0.25, -0.2) is 4.79 Å². The minimum atomic E-state index is -0.502. The van der Waals surface area contributed by atoms with Gasteiger partial charge >= 0.3 is 5.97 Å². The van der Waals surface area contributed by atoms with Gasteiger partial charge in [0.05, 0.1) is 10.7 Å². The number of fused-ring (bicyclic) bond motifs is 1. The highest BCUT2D eigenvalue weighted by molar-refractivity contribution is 6.33. The molecule has 0 atom stereocenters. The lowest BCUT2D eigenvalue weighted by Gasteiger charge is -2.08. The van der Waals surface area contributed by atoms with Crippen LogP contribution in [-0.2, 0) is 9.63 Å². The molecule has 0 aliphatic heterocycles. The van der Waals surface area contributed by atoms with Crippen LogP contribution in [-0.4, -0.2) is 11.9 Å². The van der Waals surface area contributed by atoms with Crippen molar-refractivity contribution in [1.82, 2.24) is 0 Å². The number of anilines is 1. The molecule has 0 radical (unpaired) electrons. The molecule has 6 nitrogen and oxygen atoms in total. The zero-order valence-electron chi connectivity index (χ0n) is 14.6. The molecule has 1 heterocycles. The minimum absolute atomic E-state index is 0.0947. The van der Waals surface area contributed by atoms with E-state index in [0.717, 1.165) is 0 Å². The molecule has 0 fully saturated rings. The number of nitrogens with zero attached hydrogens (tertiary/aromatic N) is 1. The third kappa shape index (κ3) is 4.54. The topological polar surface area (TPSA) is 80.9 Å². The Morgan fingerprint density at radius 1 is 1.15 bits per heavy atom. The average molecular weight is 385 g/mol. The maximum Gasteiger partial charge on any atom is 0.335 e. The summed E-state index contributed by atoms with van der Waals surface area (Å²) < 4.78 is 5.67. The zero-order chi connectivity index (χ0) is 19.2. The normalized spacial score (nSPS) is 11.4. The van der Waals surface area contributed by atoms with Crippen molar-refractivity contribution in [2.45, 2.75) is 19.8 Å². The van der Waals surface area contributed by atoms with Gasteiger partial charge < -0.3 is 14.6 Å². The molecule has 0 spiro atoms. The fraction of sp³-hybridized carbons (Fsp3) is 0.150. The zero-order valence-corrected chi connectivity index (χ0v) is 15.3. The summed E-state index contributed by atoms with van der Waals surface area (Å²) in [6.07, 6.45) is 0.849. The average Bonchev–Trinajstić information content (AvgIpc) is 2.67. The lowest BCUT2D eigenvalue weighted by atomic mass is 10.1. The van der Waals surface area contributed by atoms with E-state index in [0.29, 0.717) is 28.1 Å². The lowest BCUT2D eigenvalue weighted by Crippen LogP contribution is -2.22. The number of nitrogens with one attached hydrogen (secondary N) is 1. The first-order valence-electron chi connectivity index (χ1n) is 8.41. The van der Waals surface area contributed by atoms with Crippen molar-refractivity contribution in [3.05, 3.63) is 70.7 Å². The van der Waals surface area contributed by atoms with Crippen LogP contribution < -0.4 is 10.9 Å². The molecule has 0 aliphatic carbocycles. The first-order valence-corrected chi connectivity index (χ1v) is 8.79. The van der Waals surface area contributed by atoms with Crippen molar-refractivity contribution in [3.8, 4) is 0 Å². The maximum atomic E-state index is 12.8. The second-order valence-corrected chi connectivity index (χ2v) is 6.15. The molecule has 1 amide bonds. The highest BCUT2D eigenvalue weighted by atomic mass is 35.5. The molecular formula is C20H17ClN2O4. The molecule has 0 saturated heterocycles. The minimum Gasteiger partial charge on any atom is -0.435 e. The number of benzene rings is 2. The van der Waals surface area contributed by atoms with Crippen LogP contribution in [0.25, 0.3) is 11.0 Å². The number of amides is 1. The Morgan fingerprint density at radius 2 is 1.89 bits per heavy atom. The van der Waals surface area contributed by atoms with Gasteiger partial charge in [0.25, 0.3) is 11.5 Å². The highest BCUT2D eigenvalue weighted by Crippen LogP contribution is 2.21. The number of halogens is 1. The molecule has 7 heteroatoms. The van der Waals surface area contributed by atoms with Crippen molar-refractivity contribution in [1.29, 1.82) is 0 Å². The van der Waals surface area contributed by atoms with Crippen LogP contribution in [0.4, 0.5) is 5.69 Å². The first kappa shape index (κ1) is 18.7. The number of para-hydroxylation sites is 2. The fourth-order valence-corrected chi connectivity index (χ4v) is 2.58. The number of hydrogen-bond acceptors (Lipinski definition) is 5. The molecule has 3 rings (SSSR count). The standard InChI is InChI=1S/C20H17ClN2O4/c1-2-7-18(24)27-23-20-14(12-13-8-3-6-11-17(13)26-20)19(25)22-16-10-5-4-9-15(16)21/h3-6,8-12H,2,7H2,1H3,(H,22,25)/b23-20+. The monoisotopic (exact) mass is 384 g/mol. The number of hydrogen-bond donors (Lipinski definition) is 1. The van der Waals surface area contributed by atoms with E-state index >= 15 is 0 Å². The van der Waals surface area contributed by atoms with Crippen LogP contribution in [0.15, 0.2) is 64.2 Å². The van der Waals surface area contributed by atoms with Gasteiger partial charge in [-0.1, -0.05) is 48.9 Å². The van der Waals surface area contributed by atoms with E-state index in [1.807, 2.05) is 13.0 Å². The van der Waals surface area contributed by atoms with Crippen LogP contribution >= 0.6 is 11.6 Å². The summed E-state index contributed by atoms with van der Waals surface area (Å²) in [6, 6.07) is 15.6. The molecule has 0 unspecified atom stereocenters. The molecule has 138 valence electrons. The Labute approximate surface area is 160 Å². The van der Waals surface area contributed by atoms with Crippen LogP contribution in [0.5, 0.6) is 0 Å². The molecule has 3 aromatic rings. The summed E-state index contributed by atoms with van der Waals surface area (Å²) >= 11 is 6.10. The third-order valence-electron chi connectivity index (χ3n) is 3.71. The summed E-state index contributed by atoms with van der Waals surface area (Å²) in [6.45, 7) is 1.85. The molecule has 0 saturated carbocycles. The number of rotatable bonds is 5. The summed E-state index contributed by atoms with van der Waals surface area (Å²) in [4.78, 5) is 29.3. The second kappa shape index (κ2) is 8.51. The molecule has 27 heavy (non-hydrogen) atoms. The molecule has 0 aliphatic rings. The summed E-state index contributed by atoms with van der Waals surface area (Å²) in [7, 11) is 0. The molecule has 1 aromatic heterocycles.